The Balaban J connectivity index is 2.24. The molecule has 66 valence electrons. The van der Waals surface area contributed by atoms with Crippen molar-refractivity contribution >= 4 is 17.4 Å². The van der Waals surface area contributed by atoms with Gasteiger partial charge in [-0.25, -0.2) is 4.98 Å². The van der Waals surface area contributed by atoms with E-state index in [0.29, 0.717) is 5.82 Å². The second-order valence-corrected chi connectivity index (χ2v) is 3.38. The maximum absolute atomic E-state index is 5.70. The summed E-state index contributed by atoms with van der Waals surface area (Å²) in [5.41, 5.74) is 7.78. The van der Waals surface area contributed by atoms with Gasteiger partial charge in [-0.1, -0.05) is 6.07 Å². The number of hydrogen-bond acceptors (Lipinski definition) is 4. The molecule has 0 aromatic carbocycles. The normalized spacial score (nSPS) is 10.2. The first-order chi connectivity index (χ1) is 6.36. The van der Waals surface area contributed by atoms with Gasteiger partial charge in [-0.2, -0.15) is 4.37 Å². The van der Waals surface area contributed by atoms with Crippen LogP contribution in [-0.2, 0) is 6.42 Å². The van der Waals surface area contributed by atoms with Crippen molar-refractivity contribution in [1.29, 1.82) is 0 Å². The number of nitrogens with two attached hydrogens (primary N) is 1. The number of rotatable bonds is 2. The van der Waals surface area contributed by atoms with E-state index >= 15 is 0 Å². The Morgan fingerprint density at radius 3 is 3.00 bits per heavy atom. The molecule has 3 nitrogen and oxygen atoms in total. The van der Waals surface area contributed by atoms with Gasteiger partial charge >= 0.3 is 0 Å². The van der Waals surface area contributed by atoms with Crippen molar-refractivity contribution in [2.75, 3.05) is 5.73 Å². The molecule has 0 atom stereocenters. The maximum Gasteiger partial charge on any atom is 0.126 e. The largest absolute Gasteiger partial charge is 0.383 e. The van der Waals surface area contributed by atoms with Crippen molar-refractivity contribution in [3.05, 3.63) is 41.0 Å². The summed E-state index contributed by atoms with van der Waals surface area (Å²) in [5, 5.41) is 1.96. The molecule has 0 saturated carbocycles. The van der Waals surface area contributed by atoms with Gasteiger partial charge in [-0.05, 0) is 23.7 Å². The molecule has 2 heterocycles. The number of anilines is 1. The molecule has 2 aromatic heterocycles. The molecule has 0 fully saturated rings. The van der Waals surface area contributed by atoms with Crippen LogP contribution in [0.2, 0.25) is 0 Å². The first-order valence-corrected chi connectivity index (χ1v) is 4.78. The zero-order valence-electron chi connectivity index (χ0n) is 6.97. The fourth-order valence-corrected chi connectivity index (χ4v) is 1.66. The highest BCUT2D eigenvalue weighted by Gasteiger charge is 2.01. The number of aromatic nitrogens is 2. The van der Waals surface area contributed by atoms with Gasteiger partial charge in [0.15, 0.2) is 0 Å². The molecule has 0 spiro atoms. The Labute approximate surface area is 80.4 Å². The SMILES string of the molecule is Nc1ncccc1Cc1ccsn1. The van der Waals surface area contributed by atoms with Crippen molar-refractivity contribution in [3.8, 4) is 0 Å². The Morgan fingerprint density at radius 1 is 1.38 bits per heavy atom. The molecular weight excluding hydrogens is 182 g/mol. The van der Waals surface area contributed by atoms with Gasteiger partial charge in [0.05, 0.1) is 5.69 Å². The summed E-state index contributed by atoms with van der Waals surface area (Å²) in [6.07, 6.45) is 2.46. The molecule has 2 rings (SSSR count). The molecule has 0 aliphatic heterocycles. The molecule has 0 aliphatic rings. The van der Waals surface area contributed by atoms with Gasteiger partial charge in [0.25, 0.3) is 0 Å². The predicted octanol–water partition coefficient (Wildman–Crippen LogP) is 1.71. The van der Waals surface area contributed by atoms with E-state index in [2.05, 4.69) is 9.36 Å². The van der Waals surface area contributed by atoms with E-state index in [1.807, 2.05) is 23.6 Å². The van der Waals surface area contributed by atoms with Crippen LogP contribution in [0, 0.1) is 0 Å². The van der Waals surface area contributed by atoms with E-state index in [1.165, 1.54) is 11.5 Å². The van der Waals surface area contributed by atoms with E-state index in [9.17, 15) is 0 Å². The van der Waals surface area contributed by atoms with Gasteiger partial charge < -0.3 is 5.73 Å². The summed E-state index contributed by atoms with van der Waals surface area (Å²) < 4.78 is 4.21. The first-order valence-electron chi connectivity index (χ1n) is 3.95. The van der Waals surface area contributed by atoms with Crippen molar-refractivity contribution in [2.45, 2.75) is 6.42 Å². The molecule has 0 aliphatic carbocycles. The molecular formula is C9H9N3S. The minimum Gasteiger partial charge on any atom is -0.383 e. The second-order valence-electron chi connectivity index (χ2n) is 2.72. The number of pyridine rings is 1. The molecule has 2 aromatic rings. The average Bonchev–Trinajstić information content (AvgIpc) is 2.61. The summed E-state index contributed by atoms with van der Waals surface area (Å²) in [4.78, 5) is 4.01. The molecule has 0 saturated heterocycles. The minimum absolute atomic E-state index is 0.593. The van der Waals surface area contributed by atoms with E-state index in [0.717, 1.165) is 17.7 Å². The number of nitrogen functional groups attached to an aromatic ring is 1. The van der Waals surface area contributed by atoms with Crippen LogP contribution < -0.4 is 5.73 Å². The lowest BCUT2D eigenvalue weighted by Crippen LogP contribution is -1.97. The van der Waals surface area contributed by atoms with Crippen LogP contribution in [0.3, 0.4) is 0 Å². The van der Waals surface area contributed by atoms with Crippen LogP contribution in [0.25, 0.3) is 0 Å². The smallest absolute Gasteiger partial charge is 0.126 e. The summed E-state index contributed by atoms with van der Waals surface area (Å²) in [6.45, 7) is 0. The zero-order valence-corrected chi connectivity index (χ0v) is 7.79. The highest BCUT2D eigenvalue weighted by atomic mass is 32.1. The first kappa shape index (κ1) is 8.19. The second kappa shape index (κ2) is 3.53. The van der Waals surface area contributed by atoms with E-state index in [-0.39, 0.29) is 0 Å². The maximum atomic E-state index is 5.70. The van der Waals surface area contributed by atoms with E-state index in [1.54, 1.807) is 6.20 Å². The topological polar surface area (TPSA) is 51.8 Å². The lowest BCUT2D eigenvalue weighted by molar-refractivity contribution is 1.11. The molecule has 4 heteroatoms. The third kappa shape index (κ3) is 1.84. The quantitative estimate of drug-likeness (QED) is 0.786. The third-order valence-electron chi connectivity index (χ3n) is 1.79. The van der Waals surface area contributed by atoms with E-state index < -0.39 is 0 Å². The summed E-state index contributed by atoms with van der Waals surface area (Å²) in [6, 6.07) is 5.86. The van der Waals surface area contributed by atoms with Crippen LogP contribution in [0.1, 0.15) is 11.3 Å². The van der Waals surface area contributed by atoms with Gasteiger partial charge in [0, 0.05) is 23.6 Å². The van der Waals surface area contributed by atoms with E-state index in [4.69, 9.17) is 5.73 Å². The van der Waals surface area contributed by atoms with Crippen LogP contribution in [0.5, 0.6) is 0 Å². The Kier molecular flexibility index (Phi) is 2.23. The van der Waals surface area contributed by atoms with Gasteiger partial charge in [-0.3, -0.25) is 0 Å². The molecule has 13 heavy (non-hydrogen) atoms. The van der Waals surface area contributed by atoms with Crippen molar-refractivity contribution in [2.24, 2.45) is 0 Å². The lowest BCUT2D eigenvalue weighted by Gasteiger charge is -2.00. The average molecular weight is 191 g/mol. The molecule has 0 bridgehead atoms. The highest BCUT2D eigenvalue weighted by Crippen LogP contribution is 2.12. The summed E-state index contributed by atoms with van der Waals surface area (Å²) in [5.74, 6) is 0.593. The third-order valence-corrected chi connectivity index (χ3v) is 2.39. The van der Waals surface area contributed by atoms with Gasteiger partial charge in [0.1, 0.15) is 5.82 Å². The minimum atomic E-state index is 0.593. The van der Waals surface area contributed by atoms with Crippen LogP contribution in [-0.4, -0.2) is 9.36 Å². The fraction of sp³-hybridized carbons (Fsp3) is 0.111. The molecule has 0 unspecified atom stereocenters. The Hall–Kier alpha value is -1.42. The zero-order chi connectivity index (χ0) is 9.10. The number of nitrogens with zero attached hydrogens (tertiary/aromatic N) is 2. The lowest BCUT2D eigenvalue weighted by atomic mass is 10.1. The van der Waals surface area contributed by atoms with Crippen LogP contribution in [0.4, 0.5) is 5.82 Å². The van der Waals surface area contributed by atoms with Crippen LogP contribution >= 0.6 is 11.5 Å². The van der Waals surface area contributed by atoms with Gasteiger partial charge in [0.2, 0.25) is 0 Å². The molecule has 2 N–H and O–H groups in total. The Bertz CT molecular complexity index is 384. The molecule has 0 amide bonds. The van der Waals surface area contributed by atoms with Gasteiger partial charge in [-0.15, -0.1) is 0 Å². The predicted molar refractivity (Wildman–Crippen MR) is 53.6 cm³/mol. The van der Waals surface area contributed by atoms with Crippen molar-refractivity contribution in [1.82, 2.24) is 9.36 Å². The Morgan fingerprint density at radius 2 is 2.31 bits per heavy atom. The fourth-order valence-electron chi connectivity index (χ4n) is 1.12. The standard InChI is InChI=1S/C9H9N3S/c10-9-7(2-1-4-11-9)6-8-3-5-13-12-8/h1-5H,6H2,(H2,10,11). The summed E-state index contributed by atoms with van der Waals surface area (Å²) >= 11 is 1.45. The van der Waals surface area contributed by atoms with Crippen LogP contribution in [0.15, 0.2) is 29.8 Å². The van der Waals surface area contributed by atoms with Crippen molar-refractivity contribution in [3.63, 3.8) is 0 Å². The van der Waals surface area contributed by atoms with Crippen molar-refractivity contribution < 1.29 is 0 Å². The monoisotopic (exact) mass is 191 g/mol. The summed E-state index contributed by atoms with van der Waals surface area (Å²) in [7, 11) is 0. The highest BCUT2D eigenvalue weighted by molar-refractivity contribution is 7.03. The number of hydrogen-bond donors (Lipinski definition) is 1. The molecule has 0 radical (unpaired) electrons.